The third-order valence-corrected chi connectivity index (χ3v) is 2.47. The van der Waals surface area contributed by atoms with Crippen molar-refractivity contribution in [2.24, 2.45) is 0 Å². The van der Waals surface area contributed by atoms with Crippen molar-refractivity contribution in [3.8, 4) is 0 Å². The van der Waals surface area contributed by atoms with Crippen LogP contribution in [0.2, 0.25) is 0 Å². The van der Waals surface area contributed by atoms with Crippen LogP contribution in [0.25, 0.3) is 0 Å². The summed E-state index contributed by atoms with van der Waals surface area (Å²) < 4.78 is -0.699. The molecule has 1 aromatic rings. The molecule has 14 heavy (non-hydrogen) atoms. The lowest BCUT2D eigenvalue weighted by molar-refractivity contribution is -0.0465. The largest absolute Gasteiger partial charge is 0.368 e. The van der Waals surface area contributed by atoms with E-state index in [-0.39, 0.29) is 6.42 Å². The maximum atomic E-state index is 8.82. The Morgan fingerprint density at radius 3 is 2.36 bits per heavy atom. The van der Waals surface area contributed by atoms with Crippen molar-refractivity contribution < 1.29 is 10.2 Å². The number of thiol groups is 2. The summed E-state index contributed by atoms with van der Waals surface area (Å²) in [5, 5.41) is 17.6. The Hall–Kier alpha value is -0.160. The molecule has 0 aromatic heterocycles. The number of benzene rings is 1. The first-order chi connectivity index (χ1) is 6.49. The molecule has 1 rings (SSSR count). The van der Waals surface area contributed by atoms with Gasteiger partial charge < -0.3 is 10.2 Å². The van der Waals surface area contributed by atoms with Gasteiger partial charge in [-0.25, -0.2) is 0 Å². The highest BCUT2D eigenvalue weighted by Crippen LogP contribution is 2.29. The Balaban J connectivity index is 2.59. The molecule has 2 N–H and O–H groups in total. The summed E-state index contributed by atoms with van der Waals surface area (Å²) >= 11 is 8.54. The average molecular weight is 229 g/mol. The van der Waals surface area contributed by atoms with Crippen molar-refractivity contribution in [1.29, 1.82) is 0 Å². The molecule has 0 atom stereocenters. The lowest BCUT2D eigenvalue weighted by Gasteiger charge is -2.23. The van der Waals surface area contributed by atoms with Gasteiger partial charge in [0.1, 0.15) is 0 Å². The minimum absolute atomic E-state index is 0.123. The number of hydrogen-bond donors (Lipinski definition) is 4. The molecule has 0 bridgehead atoms. The van der Waals surface area contributed by atoms with Crippen LogP contribution in [0.4, 0.5) is 0 Å². The minimum atomic E-state index is -1.37. The molecule has 0 saturated carbocycles. The zero-order valence-corrected chi connectivity index (χ0v) is 9.38. The first-order valence-electron chi connectivity index (χ1n) is 4.25. The van der Waals surface area contributed by atoms with Crippen LogP contribution in [0.5, 0.6) is 0 Å². The number of aliphatic hydroxyl groups is 2. The fraction of sp³-hybridized carbons (Fsp3) is 0.400. The van der Waals surface area contributed by atoms with Gasteiger partial charge in [0.15, 0.2) is 6.29 Å². The molecule has 0 aliphatic heterocycles. The molecule has 4 heteroatoms. The Bertz CT molecular complexity index is 273. The van der Waals surface area contributed by atoms with E-state index in [1.54, 1.807) is 0 Å². The van der Waals surface area contributed by atoms with Crippen LogP contribution in [0.3, 0.4) is 0 Å². The topological polar surface area (TPSA) is 40.5 Å². The predicted octanol–water partition coefficient (Wildman–Crippen LogP) is 1.29. The number of hydrogen-bond acceptors (Lipinski definition) is 4. The fourth-order valence-corrected chi connectivity index (χ4v) is 1.92. The highest BCUT2D eigenvalue weighted by Gasteiger charge is 2.23. The molecule has 0 heterocycles. The van der Waals surface area contributed by atoms with Gasteiger partial charge >= 0.3 is 0 Å². The van der Waals surface area contributed by atoms with Gasteiger partial charge in [-0.15, -0.1) is 0 Å². The molecule has 2 nitrogen and oxygen atoms in total. The third-order valence-electron chi connectivity index (χ3n) is 1.78. The van der Waals surface area contributed by atoms with Crippen molar-refractivity contribution >= 4 is 25.3 Å². The normalized spacial score (nSPS) is 12.1. The summed E-state index contributed by atoms with van der Waals surface area (Å²) in [5.41, 5.74) is 1.05. The second-order valence-corrected chi connectivity index (χ2v) is 5.32. The lowest BCUT2D eigenvalue weighted by atomic mass is 10.1. The van der Waals surface area contributed by atoms with Gasteiger partial charge in [0.25, 0.3) is 0 Å². The zero-order chi connectivity index (χ0) is 10.6. The maximum absolute atomic E-state index is 8.82. The van der Waals surface area contributed by atoms with Crippen molar-refractivity contribution in [3.05, 3.63) is 35.9 Å². The second kappa shape index (κ2) is 5.07. The summed E-state index contributed by atoms with van der Waals surface area (Å²) in [6.07, 6.45) is -0.677. The molecule has 0 aliphatic carbocycles. The van der Waals surface area contributed by atoms with Crippen molar-refractivity contribution in [2.75, 3.05) is 0 Å². The van der Waals surface area contributed by atoms with Crippen LogP contribution >= 0.6 is 25.3 Å². The number of rotatable bonds is 4. The van der Waals surface area contributed by atoms with Gasteiger partial charge in [-0.1, -0.05) is 24.3 Å². The van der Waals surface area contributed by atoms with E-state index in [4.69, 9.17) is 10.2 Å². The lowest BCUT2D eigenvalue weighted by Crippen LogP contribution is -2.24. The summed E-state index contributed by atoms with van der Waals surface area (Å²) in [5.74, 6) is 0. The first kappa shape index (κ1) is 11.9. The smallest absolute Gasteiger partial charge is 0.153 e. The van der Waals surface area contributed by atoms with Crippen LogP contribution < -0.4 is 0 Å². The molecule has 0 unspecified atom stereocenters. The first-order valence-corrected chi connectivity index (χ1v) is 5.15. The Morgan fingerprint density at radius 2 is 1.86 bits per heavy atom. The van der Waals surface area contributed by atoms with E-state index in [0.29, 0.717) is 6.42 Å². The van der Waals surface area contributed by atoms with E-state index in [0.717, 1.165) is 5.56 Å². The standard InChI is InChI=1S/C10H13O2S2/c11-9(12)7-10(13,14)6-8-4-2-1-3-5-8/h2-5,9,11-14H,6-7H2. The van der Waals surface area contributed by atoms with E-state index in [1.807, 2.05) is 24.3 Å². The highest BCUT2D eigenvalue weighted by molar-refractivity contribution is 8.00. The predicted molar refractivity (Wildman–Crippen MR) is 62.5 cm³/mol. The molecule has 0 aliphatic rings. The van der Waals surface area contributed by atoms with Crippen LogP contribution in [-0.4, -0.2) is 20.6 Å². The molecule has 0 spiro atoms. The number of aliphatic hydroxyl groups excluding tert-OH is 1. The van der Waals surface area contributed by atoms with Crippen LogP contribution in [0, 0.1) is 6.07 Å². The van der Waals surface area contributed by atoms with E-state index in [9.17, 15) is 0 Å². The van der Waals surface area contributed by atoms with E-state index >= 15 is 0 Å². The van der Waals surface area contributed by atoms with Crippen molar-refractivity contribution in [2.45, 2.75) is 23.2 Å². The molecular formula is C10H13O2S2. The highest BCUT2D eigenvalue weighted by atomic mass is 32.2. The second-order valence-electron chi connectivity index (χ2n) is 3.25. The van der Waals surface area contributed by atoms with Gasteiger partial charge in [-0.3, -0.25) is 0 Å². The van der Waals surface area contributed by atoms with Crippen LogP contribution in [0.1, 0.15) is 12.0 Å². The molecule has 0 saturated heterocycles. The zero-order valence-electron chi connectivity index (χ0n) is 7.59. The summed E-state index contributed by atoms with van der Waals surface area (Å²) in [7, 11) is 0. The van der Waals surface area contributed by atoms with Gasteiger partial charge in [0, 0.05) is 6.42 Å². The van der Waals surface area contributed by atoms with Crippen molar-refractivity contribution in [1.82, 2.24) is 0 Å². The van der Waals surface area contributed by atoms with Gasteiger partial charge in [-0.2, -0.15) is 25.3 Å². The Morgan fingerprint density at radius 1 is 1.29 bits per heavy atom. The SMILES string of the molecule is OC(O)CC(S)(S)Cc1cc[c]cc1. The monoisotopic (exact) mass is 229 g/mol. The van der Waals surface area contributed by atoms with Gasteiger partial charge in [-0.05, 0) is 18.1 Å². The molecule has 0 fully saturated rings. The van der Waals surface area contributed by atoms with Gasteiger partial charge in [0.2, 0.25) is 0 Å². The Kier molecular flexibility index (Phi) is 4.31. The minimum Gasteiger partial charge on any atom is -0.368 e. The van der Waals surface area contributed by atoms with E-state index < -0.39 is 10.4 Å². The third kappa shape index (κ3) is 4.37. The van der Waals surface area contributed by atoms with Crippen LogP contribution in [0.15, 0.2) is 24.3 Å². The molecule has 0 amide bonds. The quantitative estimate of drug-likeness (QED) is 0.464. The molecule has 77 valence electrons. The molecular weight excluding hydrogens is 216 g/mol. The fourth-order valence-electron chi connectivity index (χ4n) is 1.23. The van der Waals surface area contributed by atoms with Crippen molar-refractivity contribution in [3.63, 3.8) is 0 Å². The Labute approximate surface area is 94.8 Å². The summed E-state index contributed by atoms with van der Waals surface area (Å²) in [4.78, 5) is 0. The van der Waals surface area contributed by atoms with Crippen LogP contribution in [-0.2, 0) is 6.42 Å². The van der Waals surface area contributed by atoms with E-state index in [1.165, 1.54) is 0 Å². The summed E-state index contributed by atoms with van der Waals surface area (Å²) in [6.45, 7) is 0. The van der Waals surface area contributed by atoms with Gasteiger partial charge in [0.05, 0.1) is 4.08 Å². The maximum Gasteiger partial charge on any atom is 0.153 e. The summed E-state index contributed by atoms with van der Waals surface area (Å²) in [6, 6.07) is 10.3. The average Bonchev–Trinajstić information content (AvgIpc) is 2.02. The van der Waals surface area contributed by atoms with E-state index in [2.05, 4.69) is 31.3 Å². The molecule has 1 aromatic carbocycles. The molecule has 1 radical (unpaired) electrons.